The minimum absolute atomic E-state index is 0. The van der Waals surface area contributed by atoms with Gasteiger partial charge in [-0.25, -0.2) is 4.39 Å². The van der Waals surface area contributed by atoms with Gasteiger partial charge in [-0.05, 0) is 30.7 Å². The van der Waals surface area contributed by atoms with Crippen molar-refractivity contribution in [3.63, 3.8) is 0 Å². The smallest absolute Gasteiger partial charge is 0.244 e. The van der Waals surface area contributed by atoms with Gasteiger partial charge in [0.2, 0.25) is 5.91 Å². The van der Waals surface area contributed by atoms with Gasteiger partial charge in [-0.15, -0.1) is 24.8 Å². The molecule has 2 N–H and O–H groups in total. The van der Waals surface area contributed by atoms with Crippen LogP contribution in [0.1, 0.15) is 22.7 Å². The molecule has 2 aromatic carbocycles. The summed E-state index contributed by atoms with van der Waals surface area (Å²) < 4.78 is 18.9. The van der Waals surface area contributed by atoms with Crippen LogP contribution >= 0.6 is 24.8 Å². The number of hydrogen-bond donors (Lipinski definition) is 1. The number of rotatable bonds is 5. The predicted molar refractivity (Wildman–Crippen MR) is 117 cm³/mol. The van der Waals surface area contributed by atoms with Crippen LogP contribution in [0.15, 0.2) is 42.5 Å². The summed E-state index contributed by atoms with van der Waals surface area (Å²) in [6.45, 7) is 5.24. The largest absolute Gasteiger partial charge is 0.496 e. The minimum Gasteiger partial charge on any atom is -0.496 e. The SMILES string of the molecule is COc1ccc(F)cc1CN1CCN(C(=O)C(N)c2ccc(C)cc2)CC1.Cl.Cl. The third kappa shape index (κ3) is 6.31. The second-order valence-electron chi connectivity index (χ2n) is 6.95. The van der Waals surface area contributed by atoms with Crippen LogP contribution in [0.3, 0.4) is 0 Å². The van der Waals surface area contributed by atoms with Gasteiger partial charge >= 0.3 is 0 Å². The van der Waals surface area contributed by atoms with E-state index in [1.54, 1.807) is 13.2 Å². The third-order valence-electron chi connectivity index (χ3n) is 5.02. The van der Waals surface area contributed by atoms with Gasteiger partial charge < -0.3 is 15.4 Å². The highest BCUT2D eigenvalue weighted by molar-refractivity contribution is 5.85. The van der Waals surface area contributed by atoms with Gasteiger partial charge in [0.1, 0.15) is 17.6 Å². The van der Waals surface area contributed by atoms with Crippen LogP contribution in [0.25, 0.3) is 0 Å². The molecule has 1 saturated heterocycles. The summed E-state index contributed by atoms with van der Waals surface area (Å²) in [5.41, 5.74) is 8.95. The maximum Gasteiger partial charge on any atom is 0.244 e. The van der Waals surface area contributed by atoms with Crippen LogP contribution in [0.5, 0.6) is 5.75 Å². The van der Waals surface area contributed by atoms with E-state index in [4.69, 9.17) is 10.5 Å². The lowest BCUT2D eigenvalue weighted by Crippen LogP contribution is -2.50. The first-order valence-corrected chi connectivity index (χ1v) is 9.13. The summed E-state index contributed by atoms with van der Waals surface area (Å²) in [5, 5.41) is 0. The average molecular weight is 444 g/mol. The molecule has 1 aliphatic rings. The molecule has 1 amide bonds. The number of nitrogens with zero attached hydrogens (tertiary/aromatic N) is 2. The summed E-state index contributed by atoms with van der Waals surface area (Å²) in [7, 11) is 1.58. The molecule has 0 spiro atoms. The predicted octanol–water partition coefficient (Wildman–Crippen LogP) is 3.33. The van der Waals surface area contributed by atoms with Crippen molar-refractivity contribution in [3.8, 4) is 5.75 Å². The lowest BCUT2D eigenvalue weighted by Gasteiger charge is -2.36. The van der Waals surface area contributed by atoms with Crippen LogP contribution in [0, 0.1) is 12.7 Å². The number of piperazine rings is 1. The highest BCUT2D eigenvalue weighted by Crippen LogP contribution is 2.22. The first-order valence-electron chi connectivity index (χ1n) is 9.13. The number of carbonyl (C=O) groups is 1. The zero-order valence-electron chi connectivity index (χ0n) is 16.6. The first-order chi connectivity index (χ1) is 13.0. The van der Waals surface area contributed by atoms with Gasteiger partial charge in [-0.3, -0.25) is 9.69 Å². The number of nitrogens with two attached hydrogens (primary N) is 1. The van der Waals surface area contributed by atoms with E-state index >= 15 is 0 Å². The quantitative estimate of drug-likeness (QED) is 0.769. The fraction of sp³-hybridized carbons (Fsp3) is 0.381. The molecule has 0 aliphatic carbocycles. The van der Waals surface area contributed by atoms with Gasteiger partial charge in [0.05, 0.1) is 7.11 Å². The minimum atomic E-state index is -0.638. The number of methoxy groups -OCH3 is 1. The van der Waals surface area contributed by atoms with Gasteiger partial charge in [0.25, 0.3) is 0 Å². The Morgan fingerprint density at radius 1 is 1.10 bits per heavy atom. The molecule has 2 aromatic rings. The Labute approximate surface area is 183 Å². The molecule has 1 fully saturated rings. The Morgan fingerprint density at radius 3 is 2.31 bits per heavy atom. The van der Waals surface area contributed by atoms with Crippen LogP contribution in [0.2, 0.25) is 0 Å². The number of amides is 1. The molecule has 0 saturated carbocycles. The normalized spacial score (nSPS) is 15.1. The molecule has 0 bridgehead atoms. The summed E-state index contributed by atoms with van der Waals surface area (Å²) in [4.78, 5) is 16.7. The maximum atomic E-state index is 13.5. The lowest BCUT2D eigenvalue weighted by molar-refractivity contribution is -0.134. The Morgan fingerprint density at radius 2 is 1.72 bits per heavy atom. The third-order valence-corrected chi connectivity index (χ3v) is 5.02. The van der Waals surface area contributed by atoms with Gasteiger partial charge in [0, 0.05) is 38.3 Å². The Bertz CT molecular complexity index is 797. The summed E-state index contributed by atoms with van der Waals surface area (Å²) in [6.07, 6.45) is 0. The van der Waals surface area contributed by atoms with Crippen LogP contribution in [-0.4, -0.2) is 49.0 Å². The van der Waals surface area contributed by atoms with Crippen molar-refractivity contribution < 1.29 is 13.9 Å². The van der Waals surface area contributed by atoms with Crippen molar-refractivity contribution in [1.29, 1.82) is 0 Å². The fourth-order valence-electron chi connectivity index (χ4n) is 3.35. The van der Waals surface area contributed by atoms with Gasteiger partial charge in [0.15, 0.2) is 0 Å². The summed E-state index contributed by atoms with van der Waals surface area (Å²) in [6, 6.07) is 11.6. The molecule has 1 aliphatic heterocycles. The number of benzene rings is 2. The van der Waals surface area contributed by atoms with E-state index in [1.165, 1.54) is 12.1 Å². The molecule has 0 radical (unpaired) electrons. The molecule has 160 valence electrons. The van der Waals surface area contributed by atoms with E-state index in [2.05, 4.69) is 4.90 Å². The van der Waals surface area contributed by atoms with E-state index < -0.39 is 6.04 Å². The molecule has 5 nitrogen and oxygen atoms in total. The molecule has 0 aromatic heterocycles. The fourth-order valence-corrected chi connectivity index (χ4v) is 3.35. The number of aryl methyl sites for hydroxylation is 1. The van der Waals surface area contributed by atoms with Crippen molar-refractivity contribution in [2.24, 2.45) is 5.73 Å². The van der Waals surface area contributed by atoms with E-state index in [0.29, 0.717) is 38.5 Å². The monoisotopic (exact) mass is 443 g/mol. The van der Waals surface area contributed by atoms with Crippen molar-refractivity contribution in [2.45, 2.75) is 19.5 Å². The molecule has 1 heterocycles. The number of carbonyl (C=O) groups excluding carboxylic acids is 1. The van der Waals surface area contributed by atoms with Crippen molar-refractivity contribution >= 4 is 30.7 Å². The van der Waals surface area contributed by atoms with Crippen molar-refractivity contribution in [1.82, 2.24) is 9.80 Å². The Hall–Kier alpha value is -1.86. The topological polar surface area (TPSA) is 58.8 Å². The van der Waals surface area contributed by atoms with Crippen molar-refractivity contribution in [3.05, 3.63) is 65.0 Å². The van der Waals surface area contributed by atoms with Crippen LogP contribution in [-0.2, 0) is 11.3 Å². The van der Waals surface area contributed by atoms with Crippen molar-refractivity contribution in [2.75, 3.05) is 33.3 Å². The highest BCUT2D eigenvalue weighted by Gasteiger charge is 2.26. The number of ether oxygens (including phenoxy) is 1. The lowest BCUT2D eigenvalue weighted by atomic mass is 10.0. The molecule has 8 heteroatoms. The summed E-state index contributed by atoms with van der Waals surface area (Å²) in [5.74, 6) is 0.349. The maximum absolute atomic E-state index is 13.5. The number of hydrogen-bond acceptors (Lipinski definition) is 4. The standard InChI is InChI=1S/C21H26FN3O2.2ClH/c1-15-3-5-16(6-4-15)20(23)21(26)25-11-9-24(10-12-25)14-17-13-18(22)7-8-19(17)27-2;;/h3-8,13,20H,9-12,14,23H2,1-2H3;2*1H. The zero-order chi connectivity index (χ0) is 19.4. The zero-order valence-corrected chi connectivity index (χ0v) is 18.3. The van der Waals surface area contributed by atoms with Crippen LogP contribution in [0.4, 0.5) is 4.39 Å². The van der Waals surface area contributed by atoms with E-state index in [1.807, 2.05) is 36.1 Å². The van der Waals surface area contributed by atoms with Crippen LogP contribution < -0.4 is 10.5 Å². The second-order valence-corrected chi connectivity index (χ2v) is 6.95. The van der Waals surface area contributed by atoms with Gasteiger partial charge in [-0.2, -0.15) is 0 Å². The molecular weight excluding hydrogens is 416 g/mol. The van der Waals surface area contributed by atoms with E-state index in [9.17, 15) is 9.18 Å². The highest BCUT2D eigenvalue weighted by atomic mass is 35.5. The molecular formula is C21H28Cl2FN3O2. The first kappa shape index (κ1) is 25.2. The molecule has 29 heavy (non-hydrogen) atoms. The summed E-state index contributed by atoms with van der Waals surface area (Å²) >= 11 is 0. The number of halogens is 3. The Balaban J connectivity index is 0.00000210. The van der Waals surface area contributed by atoms with E-state index in [-0.39, 0.29) is 36.5 Å². The van der Waals surface area contributed by atoms with Gasteiger partial charge in [-0.1, -0.05) is 29.8 Å². The second kappa shape index (κ2) is 11.4. The average Bonchev–Trinajstić information content (AvgIpc) is 2.68. The Kier molecular flexibility index (Phi) is 9.86. The molecule has 3 rings (SSSR count). The molecule has 1 unspecified atom stereocenters. The van der Waals surface area contributed by atoms with E-state index in [0.717, 1.165) is 16.7 Å². The molecule has 1 atom stereocenters.